The Bertz CT molecular complexity index is 204. The molecule has 0 saturated carbocycles. The third-order valence-corrected chi connectivity index (χ3v) is 3.62. The topological polar surface area (TPSA) is 32.3 Å². The van der Waals surface area contributed by atoms with Gasteiger partial charge in [-0.1, -0.05) is 0 Å². The zero-order valence-electron chi connectivity index (χ0n) is 10.2. The van der Waals surface area contributed by atoms with Gasteiger partial charge in [0.2, 0.25) is 5.91 Å². The summed E-state index contributed by atoms with van der Waals surface area (Å²) in [5.41, 5.74) is 0. The molecular weight excluding hydrogens is 244 g/mol. The summed E-state index contributed by atoms with van der Waals surface area (Å²) in [6.07, 6.45) is 6.16. The number of carbonyl (C=O) groups is 1. The van der Waals surface area contributed by atoms with E-state index in [0.29, 0.717) is 11.9 Å². The molecule has 1 aliphatic rings. The maximum Gasteiger partial charge on any atom is 0.222 e. The predicted octanol–water partition coefficient (Wildman–Crippen LogP) is 1.76. The van der Waals surface area contributed by atoms with Crippen molar-refractivity contribution in [3.05, 3.63) is 0 Å². The summed E-state index contributed by atoms with van der Waals surface area (Å²) in [5, 5.41) is 3.26. The Morgan fingerprint density at radius 1 is 1.56 bits per heavy atom. The fourth-order valence-electron chi connectivity index (χ4n) is 1.97. The molecule has 0 radical (unpaired) electrons. The van der Waals surface area contributed by atoms with Crippen molar-refractivity contribution < 1.29 is 4.79 Å². The third-order valence-electron chi connectivity index (χ3n) is 2.92. The Kier molecular flexibility index (Phi) is 9.18. The lowest BCUT2D eigenvalue weighted by Crippen LogP contribution is -2.46. The minimum absolute atomic E-state index is 0. The van der Waals surface area contributed by atoms with E-state index in [4.69, 9.17) is 0 Å². The lowest BCUT2D eigenvalue weighted by atomic mass is 10.1. The van der Waals surface area contributed by atoms with Gasteiger partial charge in [0.15, 0.2) is 0 Å². The van der Waals surface area contributed by atoms with Crippen LogP contribution >= 0.6 is 24.2 Å². The van der Waals surface area contributed by atoms with E-state index in [1.807, 2.05) is 23.7 Å². The fourth-order valence-corrected chi connectivity index (χ4v) is 2.40. The molecule has 16 heavy (non-hydrogen) atoms. The third kappa shape index (κ3) is 5.41. The van der Waals surface area contributed by atoms with E-state index in [0.717, 1.165) is 38.1 Å². The number of rotatable bonds is 5. The summed E-state index contributed by atoms with van der Waals surface area (Å²) in [4.78, 5) is 13.8. The van der Waals surface area contributed by atoms with Gasteiger partial charge in [0.1, 0.15) is 0 Å². The van der Waals surface area contributed by atoms with E-state index in [1.165, 1.54) is 6.42 Å². The molecule has 1 heterocycles. The minimum atomic E-state index is 0. The summed E-state index contributed by atoms with van der Waals surface area (Å²) in [5.74, 6) is 1.43. The molecule has 0 aromatic rings. The van der Waals surface area contributed by atoms with Gasteiger partial charge >= 0.3 is 0 Å². The van der Waals surface area contributed by atoms with Crippen LogP contribution in [0.5, 0.6) is 0 Å². The first-order valence-corrected chi connectivity index (χ1v) is 7.11. The molecule has 3 nitrogen and oxygen atoms in total. The van der Waals surface area contributed by atoms with Gasteiger partial charge in [-0.25, -0.2) is 0 Å². The van der Waals surface area contributed by atoms with Crippen molar-refractivity contribution >= 4 is 30.1 Å². The molecule has 0 aromatic heterocycles. The number of hydrogen-bond donors (Lipinski definition) is 1. The number of nitrogens with one attached hydrogen (secondary N) is 1. The van der Waals surface area contributed by atoms with Crippen molar-refractivity contribution in [2.24, 2.45) is 0 Å². The van der Waals surface area contributed by atoms with Crippen molar-refractivity contribution in [1.29, 1.82) is 0 Å². The Balaban J connectivity index is 0.00000225. The quantitative estimate of drug-likeness (QED) is 0.770. The Hall–Kier alpha value is 0.0700. The Labute approximate surface area is 109 Å². The zero-order valence-corrected chi connectivity index (χ0v) is 11.8. The number of carbonyl (C=O) groups excluding carboxylic acids is 1. The standard InChI is InChI=1S/C11H22N2OS.ClH/c1-12-10-5-3-7-13(9-10)11(14)6-4-8-15-2;/h10,12H,3-9H2,1-2H3;1H. The van der Waals surface area contributed by atoms with Crippen LogP contribution < -0.4 is 5.32 Å². The van der Waals surface area contributed by atoms with E-state index < -0.39 is 0 Å². The first kappa shape index (κ1) is 16.1. The molecule has 1 unspecified atom stereocenters. The summed E-state index contributed by atoms with van der Waals surface area (Å²) < 4.78 is 0. The van der Waals surface area contributed by atoms with Crippen molar-refractivity contribution in [1.82, 2.24) is 10.2 Å². The number of thioether (sulfide) groups is 1. The van der Waals surface area contributed by atoms with Gasteiger partial charge in [-0.3, -0.25) is 4.79 Å². The van der Waals surface area contributed by atoms with Crippen molar-refractivity contribution in [2.45, 2.75) is 31.7 Å². The highest BCUT2D eigenvalue weighted by atomic mass is 35.5. The highest BCUT2D eigenvalue weighted by Gasteiger charge is 2.21. The Morgan fingerprint density at radius 2 is 2.31 bits per heavy atom. The minimum Gasteiger partial charge on any atom is -0.341 e. The van der Waals surface area contributed by atoms with Gasteiger partial charge in [-0.2, -0.15) is 11.8 Å². The SMILES string of the molecule is CNC1CCCN(C(=O)CCCSC)C1.Cl. The molecule has 0 aromatic carbocycles. The van der Waals surface area contributed by atoms with Gasteiger partial charge in [0.25, 0.3) is 0 Å². The summed E-state index contributed by atoms with van der Waals surface area (Å²) >= 11 is 1.81. The first-order chi connectivity index (χ1) is 7.27. The van der Waals surface area contributed by atoms with Crippen LogP contribution in [-0.2, 0) is 4.79 Å². The molecule has 96 valence electrons. The van der Waals surface area contributed by atoms with Gasteiger partial charge in [-0.05, 0) is 38.3 Å². The average Bonchev–Trinajstić information content (AvgIpc) is 2.29. The maximum atomic E-state index is 11.8. The van der Waals surface area contributed by atoms with Gasteiger partial charge in [0.05, 0.1) is 0 Å². The Morgan fingerprint density at radius 3 is 2.94 bits per heavy atom. The molecule has 5 heteroatoms. The molecule has 1 fully saturated rings. The van der Waals surface area contributed by atoms with E-state index in [1.54, 1.807) is 0 Å². The number of likely N-dealkylation sites (tertiary alicyclic amines) is 1. The molecule has 0 aliphatic carbocycles. The second kappa shape index (κ2) is 9.14. The highest BCUT2D eigenvalue weighted by molar-refractivity contribution is 7.98. The summed E-state index contributed by atoms with van der Waals surface area (Å²) in [6, 6.07) is 0.503. The zero-order chi connectivity index (χ0) is 11.1. The fraction of sp³-hybridized carbons (Fsp3) is 0.909. The number of nitrogens with zero attached hydrogens (tertiary/aromatic N) is 1. The van der Waals surface area contributed by atoms with E-state index in [-0.39, 0.29) is 12.4 Å². The molecule has 1 atom stereocenters. The van der Waals surface area contributed by atoms with Crippen molar-refractivity contribution in [2.75, 3.05) is 32.1 Å². The van der Waals surface area contributed by atoms with Crippen molar-refractivity contribution in [3.63, 3.8) is 0 Å². The largest absolute Gasteiger partial charge is 0.341 e. The molecule has 0 bridgehead atoms. The number of halogens is 1. The molecule has 1 rings (SSSR count). The van der Waals surface area contributed by atoms with Crippen molar-refractivity contribution in [3.8, 4) is 0 Å². The van der Waals surface area contributed by atoms with Crippen LogP contribution in [0.4, 0.5) is 0 Å². The monoisotopic (exact) mass is 266 g/mol. The number of amides is 1. The lowest BCUT2D eigenvalue weighted by molar-refractivity contribution is -0.132. The van der Waals surface area contributed by atoms with Gasteiger partial charge in [-0.15, -0.1) is 12.4 Å². The number of hydrogen-bond acceptors (Lipinski definition) is 3. The molecule has 1 N–H and O–H groups in total. The maximum absolute atomic E-state index is 11.8. The number of piperidine rings is 1. The molecule has 1 aliphatic heterocycles. The predicted molar refractivity (Wildman–Crippen MR) is 73.5 cm³/mol. The normalized spacial score (nSPS) is 20.4. The first-order valence-electron chi connectivity index (χ1n) is 5.72. The highest BCUT2D eigenvalue weighted by Crippen LogP contribution is 2.12. The van der Waals surface area contributed by atoms with Crippen LogP contribution in [0.15, 0.2) is 0 Å². The van der Waals surface area contributed by atoms with Crippen LogP contribution in [0.1, 0.15) is 25.7 Å². The summed E-state index contributed by atoms with van der Waals surface area (Å²) in [7, 11) is 1.98. The van der Waals surface area contributed by atoms with Crippen LogP contribution in [0.2, 0.25) is 0 Å². The van der Waals surface area contributed by atoms with Crippen LogP contribution in [-0.4, -0.2) is 49.0 Å². The molecular formula is C11H23ClN2OS. The lowest BCUT2D eigenvalue weighted by Gasteiger charge is -2.32. The molecule has 1 saturated heterocycles. The van der Waals surface area contributed by atoms with Crippen LogP contribution in [0, 0.1) is 0 Å². The second-order valence-corrected chi connectivity index (χ2v) is 5.05. The van der Waals surface area contributed by atoms with Crippen LogP contribution in [0.3, 0.4) is 0 Å². The van der Waals surface area contributed by atoms with E-state index >= 15 is 0 Å². The molecule has 1 amide bonds. The number of likely N-dealkylation sites (N-methyl/N-ethyl adjacent to an activating group) is 1. The van der Waals surface area contributed by atoms with Gasteiger partial charge < -0.3 is 10.2 Å². The second-order valence-electron chi connectivity index (χ2n) is 4.06. The average molecular weight is 267 g/mol. The van der Waals surface area contributed by atoms with E-state index in [2.05, 4.69) is 11.6 Å². The summed E-state index contributed by atoms with van der Waals surface area (Å²) in [6.45, 7) is 1.85. The smallest absolute Gasteiger partial charge is 0.222 e. The van der Waals surface area contributed by atoms with Crippen LogP contribution in [0.25, 0.3) is 0 Å². The van der Waals surface area contributed by atoms with E-state index in [9.17, 15) is 4.79 Å². The van der Waals surface area contributed by atoms with Gasteiger partial charge in [0, 0.05) is 25.6 Å². The molecule has 0 spiro atoms.